The van der Waals surface area contributed by atoms with Gasteiger partial charge in [0, 0.05) is 25.6 Å². The first kappa shape index (κ1) is 15.4. The summed E-state index contributed by atoms with van der Waals surface area (Å²) in [5.41, 5.74) is 5.60. The van der Waals surface area contributed by atoms with Crippen LogP contribution in [0.2, 0.25) is 0 Å². The van der Waals surface area contributed by atoms with Crippen LogP contribution >= 0.6 is 0 Å². The summed E-state index contributed by atoms with van der Waals surface area (Å²) in [6.07, 6.45) is 4.04. The molecular formula is C12H26N2O2. The SMILES string of the molecule is CCC(CCO)CNC(=O)CCCC(C)N. The molecule has 4 nitrogen and oxygen atoms in total. The van der Waals surface area contributed by atoms with Gasteiger partial charge in [-0.25, -0.2) is 0 Å². The summed E-state index contributed by atoms with van der Waals surface area (Å²) < 4.78 is 0. The number of hydrogen-bond acceptors (Lipinski definition) is 3. The molecule has 0 aliphatic rings. The molecule has 0 aromatic rings. The first-order valence-corrected chi connectivity index (χ1v) is 6.23. The molecule has 0 aliphatic carbocycles. The Morgan fingerprint density at radius 2 is 2.12 bits per heavy atom. The molecule has 2 atom stereocenters. The Kier molecular flexibility index (Phi) is 9.24. The first-order valence-electron chi connectivity index (χ1n) is 6.23. The summed E-state index contributed by atoms with van der Waals surface area (Å²) in [5, 5.41) is 11.7. The largest absolute Gasteiger partial charge is 0.396 e. The number of aliphatic hydroxyl groups excluding tert-OH is 1. The van der Waals surface area contributed by atoms with Crippen LogP contribution in [0.5, 0.6) is 0 Å². The highest BCUT2D eigenvalue weighted by molar-refractivity contribution is 5.75. The third kappa shape index (κ3) is 8.68. The number of carbonyl (C=O) groups excluding carboxylic acids is 1. The second-order valence-corrected chi connectivity index (χ2v) is 4.46. The molecule has 0 bridgehead atoms. The summed E-state index contributed by atoms with van der Waals surface area (Å²) in [7, 11) is 0. The van der Waals surface area contributed by atoms with E-state index in [1.807, 2.05) is 6.92 Å². The molecule has 4 heteroatoms. The number of aliphatic hydroxyl groups is 1. The van der Waals surface area contributed by atoms with Crippen LogP contribution in [-0.4, -0.2) is 30.2 Å². The quantitative estimate of drug-likeness (QED) is 0.554. The molecule has 0 radical (unpaired) electrons. The van der Waals surface area contributed by atoms with Gasteiger partial charge < -0.3 is 16.2 Å². The summed E-state index contributed by atoms with van der Waals surface area (Å²) in [5.74, 6) is 0.486. The smallest absolute Gasteiger partial charge is 0.220 e. The predicted octanol–water partition coefficient (Wildman–Crippen LogP) is 1.03. The van der Waals surface area contributed by atoms with Gasteiger partial charge in [-0.3, -0.25) is 4.79 Å². The lowest BCUT2D eigenvalue weighted by atomic mass is 10.0. The van der Waals surface area contributed by atoms with Crippen molar-refractivity contribution in [3.63, 3.8) is 0 Å². The van der Waals surface area contributed by atoms with Crippen molar-refractivity contribution >= 4 is 5.91 Å². The van der Waals surface area contributed by atoms with Crippen LogP contribution in [0.4, 0.5) is 0 Å². The van der Waals surface area contributed by atoms with Gasteiger partial charge in [-0.1, -0.05) is 13.3 Å². The monoisotopic (exact) mass is 230 g/mol. The van der Waals surface area contributed by atoms with E-state index in [-0.39, 0.29) is 18.6 Å². The van der Waals surface area contributed by atoms with Crippen molar-refractivity contribution in [2.75, 3.05) is 13.2 Å². The molecule has 0 saturated carbocycles. The van der Waals surface area contributed by atoms with E-state index in [4.69, 9.17) is 10.8 Å². The number of hydrogen-bond donors (Lipinski definition) is 3. The molecule has 0 heterocycles. The van der Waals surface area contributed by atoms with E-state index in [2.05, 4.69) is 12.2 Å². The van der Waals surface area contributed by atoms with Crippen LogP contribution in [0.1, 0.15) is 46.0 Å². The molecule has 0 aromatic carbocycles. The van der Waals surface area contributed by atoms with Crippen molar-refractivity contribution in [3.8, 4) is 0 Å². The van der Waals surface area contributed by atoms with Crippen LogP contribution in [0, 0.1) is 5.92 Å². The minimum Gasteiger partial charge on any atom is -0.396 e. The van der Waals surface area contributed by atoms with Crippen LogP contribution in [0.15, 0.2) is 0 Å². The van der Waals surface area contributed by atoms with E-state index >= 15 is 0 Å². The van der Waals surface area contributed by atoms with Gasteiger partial charge in [-0.15, -0.1) is 0 Å². The average molecular weight is 230 g/mol. The molecular weight excluding hydrogens is 204 g/mol. The fraction of sp³-hybridized carbons (Fsp3) is 0.917. The molecule has 4 N–H and O–H groups in total. The lowest BCUT2D eigenvalue weighted by Gasteiger charge is -2.14. The third-order valence-corrected chi connectivity index (χ3v) is 2.77. The van der Waals surface area contributed by atoms with Crippen LogP contribution in [-0.2, 0) is 4.79 Å². The van der Waals surface area contributed by atoms with Crippen molar-refractivity contribution in [1.82, 2.24) is 5.32 Å². The fourth-order valence-corrected chi connectivity index (χ4v) is 1.56. The topological polar surface area (TPSA) is 75.3 Å². The van der Waals surface area contributed by atoms with E-state index in [1.54, 1.807) is 0 Å². The molecule has 1 amide bonds. The van der Waals surface area contributed by atoms with Crippen molar-refractivity contribution in [1.29, 1.82) is 0 Å². The Balaban J connectivity index is 3.55. The Hall–Kier alpha value is -0.610. The Labute approximate surface area is 98.6 Å². The molecule has 0 fully saturated rings. The van der Waals surface area contributed by atoms with E-state index in [9.17, 15) is 4.79 Å². The number of carbonyl (C=O) groups is 1. The van der Waals surface area contributed by atoms with E-state index < -0.39 is 0 Å². The molecule has 96 valence electrons. The van der Waals surface area contributed by atoms with E-state index in [0.717, 1.165) is 25.7 Å². The highest BCUT2D eigenvalue weighted by Crippen LogP contribution is 2.06. The van der Waals surface area contributed by atoms with Gasteiger partial charge in [0.15, 0.2) is 0 Å². The summed E-state index contributed by atoms with van der Waals surface area (Å²) >= 11 is 0. The van der Waals surface area contributed by atoms with E-state index in [0.29, 0.717) is 18.9 Å². The maximum Gasteiger partial charge on any atom is 0.220 e. The van der Waals surface area contributed by atoms with Gasteiger partial charge in [0.25, 0.3) is 0 Å². The second-order valence-electron chi connectivity index (χ2n) is 4.46. The normalized spacial score (nSPS) is 14.5. The number of rotatable bonds is 9. The number of nitrogens with one attached hydrogen (secondary N) is 1. The Bertz CT molecular complexity index is 184. The minimum atomic E-state index is 0.0945. The zero-order valence-electron chi connectivity index (χ0n) is 10.5. The van der Waals surface area contributed by atoms with E-state index in [1.165, 1.54) is 0 Å². The zero-order valence-corrected chi connectivity index (χ0v) is 10.5. The number of nitrogens with two attached hydrogens (primary N) is 1. The van der Waals surface area contributed by atoms with Gasteiger partial charge >= 0.3 is 0 Å². The highest BCUT2D eigenvalue weighted by atomic mass is 16.3. The lowest BCUT2D eigenvalue weighted by Crippen LogP contribution is -2.29. The predicted molar refractivity (Wildman–Crippen MR) is 66.0 cm³/mol. The second kappa shape index (κ2) is 9.60. The maximum atomic E-state index is 11.4. The highest BCUT2D eigenvalue weighted by Gasteiger charge is 2.08. The molecule has 16 heavy (non-hydrogen) atoms. The number of amides is 1. The van der Waals surface area contributed by atoms with Crippen molar-refractivity contribution < 1.29 is 9.90 Å². The minimum absolute atomic E-state index is 0.0945. The molecule has 0 spiro atoms. The van der Waals surface area contributed by atoms with Gasteiger partial charge in [0.2, 0.25) is 5.91 Å². The summed E-state index contributed by atoms with van der Waals surface area (Å²) in [6.45, 7) is 4.89. The standard InChI is InChI=1S/C12H26N2O2/c1-3-11(7-8-15)9-14-12(16)6-4-5-10(2)13/h10-11,15H,3-9,13H2,1-2H3,(H,14,16). The molecule has 0 aromatic heterocycles. The summed E-state index contributed by atoms with van der Waals surface area (Å²) in [4.78, 5) is 11.4. The third-order valence-electron chi connectivity index (χ3n) is 2.77. The van der Waals surface area contributed by atoms with Crippen molar-refractivity contribution in [2.24, 2.45) is 11.7 Å². The zero-order chi connectivity index (χ0) is 12.4. The van der Waals surface area contributed by atoms with Crippen LogP contribution in [0.3, 0.4) is 0 Å². The van der Waals surface area contributed by atoms with Crippen molar-refractivity contribution in [3.05, 3.63) is 0 Å². The maximum absolute atomic E-state index is 11.4. The Morgan fingerprint density at radius 3 is 2.62 bits per heavy atom. The van der Waals surface area contributed by atoms with Crippen LogP contribution in [0.25, 0.3) is 0 Å². The van der Waals surface area contributed by atoms with Gasteiger partial charge in [0.1, 0.15) is 0 Å². The van der Waals surface area contributed by atoms with Gasteiger partial charge in [-0.05, 0) is 32.1 Å². The van der Waals surface area contributed by atoms with Crippen LogP contribution < -0.4 is 11.1 Å². The molecule has 2 unspecified atom stereocenters. The lowest BCUT2D eigenvalue weighted by molar-refractivity contribution is -0.121. The summed E-state index contributed by atoms with van der Waals surface area (Å²) in [6, 6.07) is 0.172. The fourth-order valence-electron chi connectivity index (χ4n) is 1.56. The Morgan fingerprint density at radius 1 is 1.44 bits per heavy atom. The van der Waals surface area contributed by atoms with Crippen molar-refractivity contribution in [2.45, 2.75) is 52.0 Å². The molecule has 0 rings (SSSR count). The molecule has 0 aliphatic heterocycles. The van der Waals surface area contributed by atoms with Gasteiger partial charge in [0.05, 0.1) is 0 Å². The first-order chi connectivity index (χ1) is 7.60. The van der Waals surface area contributed by atoms with Gasteiger partial charge in [-0.2, -0.15) is 0 Å². The average Bonchev–Trinajstić information content (AvgIpc) is 2.23. The molecule has 0 saturated heterocycles.